The molecule has 2 aromatic heterocycles. The van der Waals surface area contributed by atoms with Crippen molar-refractivity contribution in [2.45, 2.75) is 69.6 Å². The number of nitriles is 3. The Kier molecular flexibility index (Phi) is 6.97. The van der Waals surface area contributed by atoms with Gasteiger partial charge in [-0.25, -0.2) is 4.68 Å². The normalized spacial score (nSPS) is 17.0. The van der Waals surface area contributed by atoms with Gasteiger partial charge in [-0.3, -0.25) is 4.98 Å². The van der Waals surface area contributed by atoms with Crippen molar-refractivity contribution in [3.05, 3.63) is 76.7 Å². The van der Waals surface area contributed by atoms with Gasteiger partial charge in [-0.2, -0.15) is 29.0 Å². The van der Waals surface area contributed by atoms with Crippen molar-refractivity contribution in [2.24, 2.45) is 5.41 Å². The first-order valence-electron chi connectivity index (χ1n) is 14.6. The SMILES string of the molecule is CC(C)(C)CNc1c(C#N)cnc2c(C#N)cc(NC(c3cccc(C4(C#N)CC4)c3)c3cn(C4(C(F)(F)F)CC4)nn3)cc12. The summed E-state index contributed by atoms with van der Waals surface area (Å²) in [5.41, 5.74) is 0.949. The maximum Gasteiger partial charge on any atom is 0.413 e. The minimum Gasteiger partial charge on any atom is -0.383 e. The van der Waals surface area contributed by atoms with Crippen LogP contribution in [0, 0.1) is 39.4 Å². The molecule has 45 heavy (non-hydrogen) atoms. The molecule has 9 nitrogen and oxygen atoms in total. The predicted octanol–water partition coefficient (Wildman–Crippen LogP) is 6.84. The van der Waals surface area contributed by atoms with Crippen molar-refractivity contribution >= 4 is 22.3 Å². The van der Waals surface area contributed by atoms with Gasteiger partial charge in [0.25, 0.3) is 0 Å². The molecule has 6 rings (SSSR count). The van der Waals surface area contributed by atoms with Crippen molar-refractivity contribution in [3.8, 4) is 18.2 Å². The van der Waals surface area contributed by atoms with Gasteiger partial charge in [0.15, 0.2) is 5.54 Å². The van der Waals surface area contributed by atoms with Crippen molar-refractivity contribution < 1.29 is 13.2 Å². The molecule has 0 amide bonds. The first kappa shape index (κ1) is 29.9. The Morgan fingerprint density at radius 3 is 2.33 bits per heavy atom. The van der Waals surface area contributed by atoms with Crippen LogP contribution >= 0.6 is 0 Å². The van der Waals surface area contributed by atoms with E-state index in [1.165, 1.54) is 12.4 Å². The maximum atomic E-state index is 14.0. The van der Waals surface area contributed by atoms with E-state index in [1.807, 2.05) is 24.3 Å². The number of alkyl halides is 3. The Balaban J connectivity index is 1.47. The summed E-state index contributed by atoms with van der Waals surface area (Å²) in [4.78, 5) is 4.40. The predicted molar refractivity (Wildman–Crippen MR) is 161 cm³/mol. The molecule has 2 aliphatic rings. The summed E-state index contributed by atoms with van der Waals surface area (Å²) >= 11 is 0. The average Bonchev–Trinajstić information content (AvgIpc) is 3.94. The number of hydrogen-bond donors (Lipinski definition) is 2. The van der Waals surface area contributed by atoms with E-state index in [2.05, 4.69) is 64.9 Å². The van der Waals surface area contributed by atoms with Crippen molar-refractivity contribution in [3.63, 3.8) is 0 Å². The van der Waals surface area contributed by atoms with Crippen LogP contribution in [0.15, 0.2) is 48.8 Å². The smallest absolute Gasteiger partial charge is 0.383 e. The molecule has 0 aliphatic heterocycles. The van der Waals surface area contributed by atoms with Crippen LogP contribution in [-0.4, -0.2) is 32.7 Å². The molecule has 2 fully saturated rings. The van der Waals surface area contributed by atoms with E-state index in [0.29, 0.717) is 39.9 Å². The van der Waals surface area contributed by atoms with Crippen LogP contribution in [-0.2, 0) is 11.0 Å². The molecule has 2 saturated carbocycles. The topological polar surface area (TPSA) is 139 Å². The summed E-state index contributed by atoms with van der Waals surface area (Å²) in [6.45, 7) is 6.70. The van der Waals surface area contributed by atoms with Crippen molar-refractivity contribution in [2.75, 3.05) is 17.2 Å². The molecule has 2 aliphatic carbocycles. The first-order chi connectivity index (χ1) is 21.3. The van der Waals surface area contributed by atoms with E-state index in [1.54, 1.807) is 12.1 Å². The molecule has 2 aromatic carbocycles. The molecule has 1 unspecified atom stereocenters. The zero-order valence-electron chi connectivity index (χ0n) is 25.0. The fourth-order valence-electron chi connectivity index (χ4n) is 5.58. The van der Waals surface area contributed by atoms with E-state index < -0.39 is 23.2 Å². The molecule has 4 aromatic rings. The second-order valence-corrected chi connectivity index (χ2v) is 13.1. The minimum atomic E-state index is -4.48. The number of nitrogens with zero attached hydrogens (tertiary/aromatic N) is 7. The van der Waals surface area contributed by atoms with E-state index in [0.717, 1.165) is 23.1 Å². The summed E-state index contributed by atoms with van der Waals surface area (Å²) < 4.78 is 42.8. The average molecular weight is 610 g/mol. The molecular formula is C33H30F3N9. The van der Waals surface area contributed by atoms with Gasteiger partial charge in [0.05, 0.1) is 46.1 Å². The van der Waals surface area contributed by atoms with Crippen molar-refractivity contribution in [1.29, 1.82) is 15.8 Å². The van der Waals surface area contributed by atoms with E-state index in [4.69, 9.17) is 0 Å². The summed E-state index contributed by atoms with van der Waals surface area (Å²) in [6, 6.07) is 16.8. The Labute approximate surface area is 258 Å². The zero-order valence-corrected chi connectivity index (χ0v) is 25.0. The molecule has 0 spiro atoms. The van der Waals surface area contributed by atoms with Crippen LogP contribution in [0.2, 0.25) is 0 Å². The molecule has 228 valence electrons. The zero-order chi connectivity index (χ0) is 32.2. The molecule has 1 atom stereocenters. The number of fused-ring (bicyclic) bond motifs is 1. The van der Waals surface area contributed by atoms with E-state index in [-0.39, 0.29) is 29.5 Å². The van der Waals surface area contributed by atoms with Crippen LogP contribution < -0.4 is 10.6 Å². The summed E-state index contributed by atoms with van der Waals surface area (Å²) in [7, 11) is 0. The van der Waals surface area contributed by atoms with Gasteiger partial charge < -0.3 is 10.6 Å². The molecule has 2 N–H and O–H groups in total. The number of benzene rings is 2. The van der Waals surface area contributed by atoms with Gasteiger partial charge in [0.2, 0.25) is 0 Å². The van der Waals surface area contributed by atoms with Crippen LogP contribution in [0.25, 0.3) is 10.9 Å². The minimum absolute atomic E-state index is 0.0770. The van der Waals surface area contributed by atoms with E-state index >= 15 is 0 Å². The van der Waals surface area contributed by atoms with Gasteiger partial charge >= 0.3 is 6.18 Å². The third kappa shape index (κ3) is 5.40. The number of rotatable bonds is 8. The molecule has 0 radical (unpaired) electrons. The summed E-state index contributed by atoms with van der Waals surface area (Å²) in [5, 5.41) is 45.2. The largest absolute Gasteiger partial charge is 0.413 e. The van der Waals surface area contributed by atoms with Crippen LogP contribution in [0.3, 0.4) is 0 Å². The lowest BCUT2D eigenvalue weighted by Crippen LogP contribution is -2.35. The number of nitrogens with one attached hydrogen (secondary N) is 2. The van der Waals surface area contributed by atoms with Crippen LogP contribution in [0.5, 0.6) is 0 Å². The van der Waals surface area contributed by atoms with Gasteiger partial charge in [-0.05, 0) is 54.4 Å². The van der Waals surface area contributed by atoms with Gasteiger partial charge in [-0.1, -0.05) is 50.3 Å². The maximum absolute atomic E-state index is 14.0. The lowest BCUT2D eigenvalue weighted by molar-refractivity contribution is -0.182. The number of pyridine rings is 1. The molecular weight excluding hydrogens is 579 g/mol. The Morgan fingerprint density at radius 1 is 1.00 bits per heavy atom. The number of aromatic nitrogens is 4. The van der Waals surface area contributed by atoms with Crippen molar-refractivity contribution in [1.82, 2.24) is 20.0 Å². The second-order valence-electron chi connectivity index (χ2n) is 13.1. The van der Waals surface area contributed by atoms with Gasteiger partial charge in [-0.15, -0.1) is 5.10 Å². The number of anilines is 2. The van der Waals surface area contributed by atoms with Gasteiger partial charge in [0, 0.05) is 23.8 Å². The highest BCUT2D eigenvalue weighted by Crippen LogP contribution is 2.55. The third-order valence-corrected chi connectivity index (χ3v) is 8.55. The second kappa shape index (κ2) is 10.5. The molecule has 12 heteroatoms. The Morgan fingerprint density at radius 2 is 1.73 bits per heavy atom. The van der Waals surface area contributed by atoms with Crippen LogP contribution in [0.4, 0.5) is 24.5 Å². The molecule has 0 saturated heterocycles. The first-order valence-corrected chi connectivity index (χ1v) is 14.6. The Hall–Kier alpha value is -5.15. The molecule has 2 heterocycles. The quantitative estimate of drug-likeness (QED) is 0.221. The standard InChI is InChI=1S/C33H30F3N9/c1-30(2,3)19-41-28-22(15-38)16-40-27-21(14-37)12-24(13-25(27)28)42-29(20-5-4-6-23(11-20)31(18-39)7-8-31)26-17-45(44-43-26)32(9-10-32)33(34,35)36/h4-6,11-13,16-17,29,42H,7-10,19H2,1-3H3,(H,40,41). The number of halogens is 3. The van der Waals surface area contributed by atoms with Crippen LogP contribution in [0.1, 0.15) is 80.4 Å². The fourth-order valence-corrected chi connectivity index (χ4v) is 5.58. The summed E-state index contributed by atoms with van der Waals surface area (Å²) in [6.07, 6.45) is -0.425. The highest BCUT2D eigenvalue weighted by Gasteiger charge is 2.66. The lowest BCUT2D eigenvalue weighted by atomic mass is 9.93. The number of hydrogen-bond acceptors (Lipinski definition) is 8. The Bertz CT molecular complexity index is 1920. The third-order valence-electron chi connectivity index (χ3n) is 8.55. The fraction of sp³-hybridized carbons (Fsp3) is 0.394. The lowest BCUT2D eigenvalue weighted by Gasteiger charge is -2.23. The van der Waals surface area contributed by atoms with E-state index in [9.17, 15) is 29.0 Å². The monoisotopic (exact) mass is 609 g/mol. The highest BCUT2D eigenvalue weighted by atomic mass is 19.4. The molecule has 0 bridgehead atoms. The summed E-state index contributed by atoms with van der Waals surface area (Å²) in [5.74, 6) is 0. The van der Waals surface area contributed by atoms with Gasteiger partial charge in [0.1, 0.15) is 17.8 Å². The highest BCUT2D eigenvalue weighted by molar-refractivity contribution is 5.99.